The van der Waals surface area contributed by atoms with Gasteiger partial charge in [-0.2, -0.15) is 0 Å². The number of aryl methyl sites for hydroxylation is 1. The minimum Gasteiger partial charge on any atom is -0.467 e. The molecule has 1 aromatic heterocycles. The summed E-state index contributed by atoms with van der Waals surface area (Å²) in [7, 11) is 1.35. The van der Waals surface area contributed by atoms with Crippen LogP contribution in [0, 0.1) is 6.92 Å². The maximum atomic E-state index is 11.8. The first-order chi connectivity index (χ1) is 8.54. The van der Waals surface area contributed by atoms with E-state index in [1.54, 1.807) is 17.7 Å². The van der Waals surface area contributed by atoms with Crippen LogP contribution in [0.3, 0.4) is 0 Å². The number of pyridine rings is 1. The SMILES string of the molecule is COC(=O)C(C)n1ccc(=O)c2cc(C)ccc21. The van der Waals surface area contributed by atoms with Gasteiger partial charge in [0.25, 0.3) is 0 Å². The largest absolute Gasteiger partial charge is 0.467 e. The Hall–Kier alpha value is -2.10. The first kappa shape index (κ1) is 12.4. The fourth-order valence-electron chi connectivity index (χ4n) is 2.01. The van der Waals surface area contributed by atoms with Gasteiger partial charge in [0.1, 0.15) is 6.04 Å². The predicted octanol–water partition coefficient (Wildman–Crippen LogP) is 2.04. The monoisotopic (exact) mass is 245 g/mol. The molecule has 2 aromatic rings. The second-order valence-electron chi connectivity index (χ2n) is 4.31. The lowest BCUT2D eigenvalue weighted by Crippen LogP contribution is -2.20. The van der Waals surface area contributed by atoms with Crippen molar-refractivity contribution in [3.8, 4) is 0 Å². The fraction of sp³-hybridized carbons (Fsp3) is 0.286. The van der Waals surface area contributed by atoms with Crippen molar-refractivity contribution in [2.45, 2.75) is 19.9 Å². The number of hydrogen-bond donors (Lipinski definition) is 0. The third-order valence-electron chi connectivity index (χ3n) is 3.04. The van der Waals surface area contributed by atoms with Crippen LogP contribution in [0.25, 0.3) is 10.9 Å². The van der Waals surface area contributed by atoms with Gasteiger partial charge in [-0.3, -0.25) is 4.79 Å². The van der Waals surface area contributed by atoms with Crippen LogP contribution in [0.5, 0.6) is 0 Å². The number of esters is 1. The van der Waals surface area contributed by atoms with Gasteiger partial charge in [0.05, 0.1) is 12.6 Å². The molecule has 1 unspecified atom stereocenters. The number of hydrogen-bond acceptors (Lipinski definition) is 3. The molecule has 0 saturated heterocycles. The second kappa shape index (κ2) is 4.64. The summed E-state index contributed by atoms with van der Waals surface area (Å²) in [4.78, 5) is 23.4. The van der Waals surface area contributed by atoms with Crippen molar-refractivity contribution < 1.29 is 9.53 Å². The molecule has 0 fully saturated rings. The van der Waals surface area contributed by atoms with Crippen LogP contribution in [-0.2, 0) is 9.53 Å². The lowest BCUT2D eigenvalue weighted by molar-refractivity contribution is -0.143. The van der Waals surface area contributed by atoms with Gasteiger partial charge >= 0.3 is 5.97 Å². The molecule has 0 aliphatic heterocycles. The number of fused-ring (bicyclic) bond motifs is 1. The van der Waals surface area contributed by atoms with Gasteiger partial charge in [0, 0.05) is 17.6 Å². The molecular formula is C14H15NO3. The molecular weight excluding hydrogens is 230 g/mol. The lowest BCUT2D eigenvalue weighted by atomic mass is 10.1. The summed E-state index contributed by atoms with van der Waals surface area (Å²) in [6.45, 7) is 3.68. The van der Waals surface area contributed by atoms with Gasteiger partial charge in [-0.05, 0) is 26.0 Å². The summed E-state index contributed by atoms with van der Waals surface area (Å²) in [5.41, 5.74) is 1.72. The molecule has 18 heavy (non-hydrogen) atoms. The summed E-state index contributed by atoms with van der Waals surface area (Å²) in [5, 5.41) is 0.619. The summed E-state index contributed by atoms with van der Waals surface area (Å²) >= 11 is 0. The third-order valence-corrected chi connectivity index (χ3v) is 3.04. The van der Waals surface area contributed by atoms with Crippen molar-refractivity contribution in [2.75, 3.05) is 7.11 Å². The Morgan fingerprint density at radius 3 is 2.72 bits per heavy atom. The molecule has 0 N–H and O–H groups in total. The summed E-state index contributed by atoms with van der Waals surface area (Å²) < 4.78 is 6.48. The van der Waals surface area contributed by atoms with Crippen LogP contribution in [0.1, 0.15) is 18.5 Å². The molecule has 0 bridgehead atoms. The Bertz CT molecular complexity index is 658. The van der Waals surface area contributed by atoms with Gasteiger partial charge < -0.3 is 9.30 Å². The predicted molar refractivity (Wildman–Crippen MR) is 69.7 cm³/mol. The molecule has 94 valence electrons. The van der Waals surface area contributed by atoms with E-state index in [-0.39, 0.29) is 11.4 Å². The molecule has 4 nitrogen and oxygen atoms in total. The molecule has 0 radical (unpaired) electrons. The van der Waals surface area contributed by atoms with E-state index in [2.05, 4.69) is 0 Å². The highest BCUT2D eigenvalue weighted by molar-refractivity contribution is 5.82. The van der Waals surface area contributed by atoms with Crippen molar-refractivity contribution in [1.29, 1.82) is 0 Å². The molecule has 1 aromatic carbocycles. The molecule has 1 atom stereocenters. The standard InChI is InChI=1S/C14H15NO3/c1-9-4-5-12-11(8-9)13(16)6-7-15(12)10(2)14(17)18-3/h4-8,10H,1-3H3. The van der Waals surface area contributed by atoms with E-state index in [0.717, 1.165) is 11.1 Å². The van der Waals surface area contributed by atoms with Gasteiger partial charge in [0.2, 0.25) is 0 Å². The normalized spacial score (nSPS) is 12.4. The Balaban J connectivity index is 2.70. The molecule has 4 heteroatoms. The van der Waals surface area contributed by atoms with E-state index in [4.69, 9.17) is 4.74 Å². The maximum Gasteiger partial charge on any atom is 0.328 e. The maximum absolute atomic E-state index is 11.8. The number of rotatable bonds is 2. The van der Waals surface area contributed by atoms with E-state index in [1.807, 2.05) is 25.1 Å². The van der Waals surface area contributed by atoms with E-state index >= 15 is 0 Å². The summed E-state index contributed by atoms with van der Waals surface area (Å²) in [6, 6.07) is 6.62. The zero-order chi connectivity index (χ0) is 13.3. The summed E-state index contributed by atoms with van der Waals surface area (Å²) in [5.74, 6) is -0.333. The van der Waals surface area contributed by atoms with Crippen LogP contribution >= 0.6 is 0 Å². The van der Waals surface area contributed by atoms with Gasteiger partial charge in [-0.1, -0.05) is 11.6 Å². The van der Waals surface area contributed by atoms with Gasteiger partial charge in [-0.15, -0.1) is 0 Å². The van der Waals surface area contributed by atoms with Crippen molar-refractivity contribution >= 4 is 16.9 Å². The van der Waals surface area contributed by atoms with E-state index in [1.165, 1.54) is 13.2 Å². The topological polar surface area (TPSA) is 48.3 Å². The van der Waals surface area contributed by atoms with E-state index < -0.39 is 6.04 Å². The zero-order valence-electron chi connectivity index (χ0n) is 10.6. The average molecular weight is 245 g/mol. The Morgan fingerprint density at radius 1 is 1.33 bits per heavy atom. The first-order valence-corrected chi connectivity index (χ1v) is 5.74. The van der Waals surface area contributed by atoms with Crippen LogP contribution in [0.4, 0.5) is 0 Å². The number of aromatic nitrogens is 1. The highest BCUT2D eigenvalue weighted by Gasteiger charge is 2.16. The number of carbonyl (C=O) groups is 1. The van der Waals surface area contributed by atoms with Crippen LogP contribution in [0.15, 0.2) is 35.3 Å². The highest BCUT2D eigenvalue weighted by Crippen LogP contribution is 2.17. The minimum atomic E-state index is -0.458. The zero-order valence-corrected chi connectivity index (χ0v) is 10.6. The lowest BCUT2D eigenvalue weighted by Gasteiger charge is -2.16. The quantitative estimate of drug-likeness (QED) is 0.761. The minimum absolute atomic E-state index is 0.0398. The fourth-order valence-corrected chi connectivity index (χ4v) is 2.01. The van der Waals surface area contributed by atoms with Crippen molar-refractivity contribution in [1.82, 2.24) is 4.57 Å². The molecule has 0 aliphatic carbocycles. The number of ether oxygens (including phenoxy) is 1. The molecule has 2 rings (SSSR count). The van der Waals surface area contributed by atoms with Crippen LogP contribution in [-0.4, -0.2) is 17.6 Å². The molecule has 0 saturated carbocycles. The third kappa shape index (κ3) is 2.01. The van der Waals surface area contributed by atoms with Crippen molar-refractivity contribution in [3.05, 3.63) is 46.2 Å². The Kier molecular flexibility index (Phi) is 3.19. The van der Waals surface area contributed by atoms with Crippen LogP contribution < -0.4 is 5.43 Å². The molecule has 0 aliphatic rings. The van der Waals surface area contributed by atoms with E-state index in [9.17, 15) is 9.59 Å². The van der Waals surface area contributed by atoms with Crippen LogP contribution in [0.2, 0.25) is 0 Å². The van der Waals surface area contributed by atoms with Gasteiger partial charge in [0.15, 0.2) is 5.43 Å². The van der Waals surface area contributed by atoms with Crippen molar-refractivity contribution in [2.24, 2.45) is 0 Å². The molecule has 0 spiro atoms. The first-order valence-electron chi connectivity index (χ1n) is 5.74. The average Bonchev–Trinajstić information content (AvgIpc) is 2.38. The number of nitrogens with zero attached hydrogens (tertiary/aromatic N) is 1. The molecule has 1 heterocycles. The number of carbonyl (C=O) groups excluding carboxylic acids is 1. The molecule has 0 amide bonds. The Labute approximate surface area is 105 Å². The Morgan fingerprint density at radius 2 is 2.06 bits per heavy atom. The number of benzene rings is 1. The number of methoxy groups -OCH3 is 1. The summed E-state index contributed by atoms with van der Waals surface area (Å²) in [6.07, 6.45) is 1.63. The second-order valence-corrected chi connectivity index (χ2v) is 4.31. The van der Waals surface area contributed by atoms with E-state index in [0.29, 0.717) is 5.39 Å². The smallest absolute Gasteiger partial charge is 0.328 e. The van der Waals surface area contributed by atoms with Crippen molar-refractivity contribution in [3.63, 3.8) is 0 Å². The van der Waals surface area contributed by atoms with Gasteiger partial charge in [-0.25, -0.2) is 4.79 Å². The highest BCUT2D eigenvalue weighted by atomic mass is 16.5.